The van der Waals surface area contributed by atoms with Crippen LogP contribution < -0.4 is 11.0 Å². The average Bonchev–Trinajstić information content (AvgIpc) is 2.80. The minimum absolute atomic E-state index is 0.173. The highest BCUT2D eigenvalue weighted by Gasteiger charge is 2.52. The predicted octanol–water partition coefficient (Wildman–Crippen LogP) is 1.19. The Balaban J connectivity index is 1.43. The molecule has 0 radical (unpaired) electrons. The average molecular weight is 446 g/mol. The molecule has 8 heteroatoms. The van der Waals surface area contributed by atoms with E-state index >= 15 is 0 Å². The van der Waals surface area contributed by atoms with E-state index in [4.69, 9.17) is 4.74 Å². The van der Waals surface area contributed by atoms with Gasteiger partial charge in [0.25, 0.3) is 0 Å². The summed E-state index contributed by atoms with van der Waals surface area (Å²) in [6, 6.07) is 2.48. The van der Waals surface area contributed by atoms with Gasteiger partial charge in [-0.3, -0.25) is 14.3 Å². The Kier molecular flexibility index (Phi) is 7.32. The standard InChI is InChI=1S/C24H39N5O3/c1-4-27-9-6-20-16-21(28-11-13-32-14-12-28)5-7-24(20,17-27)22(30)25-8-10-29-19(3)15-18(2)26-23(29)31/h15,20-21H,4-14,16-17H2,1-3H3,(H,25,30)/t20-,21+,24-/m1/s1. The number of hydrogen-bond donors (Lipinski definition) is 1. The molecule has 2 aliphatic heterocycles. The van der Waals surface area contributed by atoms with Crippen molar-refractivity contribution in [3.63, 3.8) is 0 Å². The van der Waals surface area contributed by atoms with Gasteiger partial charge in [0.15, 0.2) is 0 Å². The number of amides is 1. The van der Waals surface area contributed by atoms with Gasteiger partial charge in [-0.2, -0.15) is 4.98 Å². The van der Waals surface area contributed by atoms with Crippen LogP contribution in [0.1, 0.15) is 44.0 Å². The molecule has 0 aromatic carbocycles. The van der Waals surface area contributed by atoms with Crippen molar-refractivity contribution in [1.29, 1.82) is 0 Å². The first-order chi connectivity index (χ1) is 15.4. The molecule has 3 atom stereocenters. The molecule has 2 saturated heterocycles. The second-order valence-electron chi connectivity index (χ2n) is 9.82. The van der Waals surface area contributed by atoms with E-state index in [0.717, 1.165) is 83.0 Å². The van der Waals surface area contributed by atoms with Gasteiger partial charge in [-0.15, -0.1) is 0 Å². The van der Waals surface area contributed by atoms with E-state index in [9.17, 15) is 9.59 Å². The fraction of sp³-hybridized carbons (Fsp3) is 0.792. The van der Waals surface area contributed by atoms with Gasteiger partial charge in [0.05, 0.1) is 18.6 Å². The molecule has 3 heterocycles. The van der Waals surface area contributed by atoms with E-state index in [1.54, 1.807) is 4.57 Å². The first kappa shape index (κ1) is 23.4. The van der Waals surface area contributed by atoms with Crippen molar-refractivity contribution in [3.8, 4) is 0 Å². The molecule has 0 spiro atoms. The number of nitrogens with one attached hydrogen (secondary N) is 1. The molecule has 1 amide bonds. The van der Waals surface area contributed by atoms with E-state index in [0.29, 0.717) is 25.0 Å². The fourth-order valence-corrected chi connectivity index (χ4v) is 6.14. The van der Waals surface area contributed by atoms with Crippen molar-refractivity contribution in [1.82, 2.24) is 24.7 Å². The lowest BCUT2D eigenvalue weighted by molar-refractivity contribution is -0.145. The maximum absolute atomic E-state index is 13.6. The topological polar surface area (TPSA) is 79.7 Å². The third-order valence-electron chi connectivity index (χ3n) is 7.99. The highest BCUT2D eigenvalue weighted by atomic mass is 16.5. The monoisotopic (exact) mass is 445 g/mol. The molecule has 8 nitrogen and oxygen atoms in total. The number of fused-ring (bicyclic) bond motifs is 1. The molecule has 4 rings (SSSR count). The van der Waals surface area contributed by atoms with Crippen molar-refractivity contribution in [2.45, 2.75) is 59.0 Å². The van der Waals surface area contributed by atoms with Crippen LogP contribution in [0.5, 0.6) is 0 Å². The zero-order valence-electron chi connectivity index (χ0n) is 19.9. The number of ether oxygens (including phenoxy) is 1. The van der Waals surface area contributed by atoms with Crippen LogP contribution in [0.4, 0.5) is 0 Å². The summed E-state index contributed by atoms with van der Waals surface area (Å²) >= 11 is 0. The molecular weight excluding hydrogens is 406 g/mol. The van der Waals surface area contributed by atoms with E-state index in [-0.39, 0.29) is 17.0 Å². The number of nitrogens with zero attached hydrogens (tertiary/aromatic N) is 4. The van der Waals surface area contributed by atoms with Gasteiger partial charge in [0.2, 0.25) is 5.91 Å². The third kappa shape index (κ3) is 4.77. The predicted molar refractivity (Wildman–Crippen MR) is 124 cm³/mol. The Hall–Kier alpha value is -1.77. The largest absolute Gasteiger partial charge is 0.379 e. The van der Waals surface area contributed by atoms with Crippen LogP contribution in [0.3, 0.4) is 0 Å². The van der Waals surface area contributed by atoms with Gasteiger partial charge in [0.1, 0.15) is 0 Å². The molecule has 1 aromatic heterocycles. The van der Waals surface area contributed by atoms with Crippen LogP contribution >= 0.6 is 0 Å². The lowest BCUT2D eigenvalue weighted by atomic mass is 9.61. The number of aryl methyl sites for hydroxylation is 2. The van der Waals surface area contributed by atoms with Crippen LogP contribution in [-0.2, 0) is 16.1 Å². The molecule has 3 aliphatic rings. The summed E-state index contributed by atoms with van der Waals surface area (Å²) < 4.78 is 7.20. The third-order valence-corrected chi connectivity index (χ3v) is 7.99. The summed E-state index contributed by atoms with van der Waals surface area (Å²) in [4.78, 5) is 34.9. The fourth-order valence-electron chi connectivity index (χ4n) is 6.14. The Morgan fingerprint density at radius 3 is 2.75 bits per heavy atom. The summed E-state index contributed by atoms with van der Waals surface area (Å²) in [7, 11) is 0. The molecule has 1 N–H and O–H groups in total. The van der Waals surface area contributed by atoms with Gasteiger partial charge >= 0.3 is 5.69 Å². The summed E-state index contributed by atoms with van der Waals surface area (Å²) in [5.41, 5.74) is 1.05. The number of rotatable bonds is 6. The van der Waals surface area contributed by atoms with Gasteiger partial charge in [-0.25, -0.2) is 4.79 Å². The Bertz CT molecular complexity index is 866. The molecule has 1 saturated carbocycles. The smallest absolute Gasteiger partial charge is 0.348 e. The van der Waals surface area contributed by atoms with Crippen LogP contribution in [0.15, 0.2) is 10.9 Å². The zero-order chi connectivity index (χ0) is 22.7. The van der Waals surface area contributed by atoms with E-state index in [2.05, 4.69) is 27.0 Å². The number of morpholine rings is 1. The minimum atomic E-state index is -0.317. The Morgan fingerprint density at radius 1 is 1.25 bits per heavy atom. The summed E-state index contributed by atoms with van der Waals surface area (Å²) in [6.45, 7) is 13.4. The van der Waals surface area contributed by atoms with Crippen LogP contribution in [0, 0.1) is 25.2 Å². The first-order valence-corrected chi connectivity index (χ1v) is 12.3. The van der Waals surface area contributed by atoms with E-state index in [1.165, 1.54) is 0 Å². The van der Waals surface area contributed by atoms with E-state index < -0.39 is 0 Å². The number of carbonyl (C=O) groups is 1. The molecule has 3 fully saturated rings. The summed E-state index contributed by atoms with van der Waals surface area (Å²) in [5, 5.41) is 3.21. The first-order valence-electron chi connectivity index (χ1n) is 12.3. The second-order valence-corrected chi connectivity index (χ2v) is 9.82. The minimum Gasteiger partial charge on any atom is -0.379 e. The number of aromatic nitrogens is 2. The number of likely N-dealkylation sites (tertiary alicyclic amines) is 1. The summed E-state index contributed by atoms with van der Waals surface area (Å²) in [5.74, 6) is 0.587. The summed E-state index contributed by atoms with van der Waals surface area (Å²) in [6.07, 6.45) is 4.20. The van der Waals surface area contributed by atoms with Crippen molar-refractivity contribution < 1.29 is 9.53 Å². The lowest BCUT2D eigenvalue weighted by Crippen LogP contribution is -2.61. The molecule has 0 bridgehead atoms. The van der Waals surface area contributed by atoms with Crippen LogP contribution in [-0.4, -0.2) is 83.8 Å². The molecular formula is C24H39N5O3. The van der Waals surface area contributed by atoms with Crippen molar-refractivity contribution >= 4 is 5.91 Å². The number of piperidine rings is 1. The quantitative estimate of drug-likeness (QED) is 0.709. The number of hydrogen-bond acceptors (Lipinski definition) is 6. The maximum atomic E-state index is 13.6. The van der Waals surface area contributed by atoms with E-state index in [1.807, 2.05) is 19.9 Å². The zero-order valence-corrected chi connectivity index (χ0v) is 19.9. The SMILES string of the molecule is CCN1CC[C@@H]2C[C@@H](N3CCOCC3)CC[C@@]2(C(=O)NCCn2c(C)cc(C)nc2=O)C1. The van der Waals surface area contributed by atoms with Crippen molar-refractivity contribution in [2.75, 3.05) is 52.5 Å². The van der Waals surface area contributed by atoms with Crippen molar-refractivity contribution in [2.24, 2.45) is 11.3 Å². The number of carbonyl (C=O) groups excluding carboxylic acids is 1. The van der Waals surface area contributed by atoms with Gasteiger partial charge < -0.3 is 15.0 Å². The second kappa shape index (κ2) is 10.0. The molecule has 0 unspecified atom stereocenters. The lowest BCUT2D eigenvalue weighted by Gasteiger charge is -2.53. The highest BCUT2D eigenvalue weighted by molar-refractivity contribution is 5.83. The van der Waals surface area contributed by atoms with Crippen LogP contribution in [0.2, 0.25) is 0 Å². The molecule has 32 heavy (non-hydrogen) atoms. The maximum Gasteiger partial charge on any atom is 0.348 e. The van der Waals surface area contributed by atoms with Gasteiger partial charge in [-0.05, 0) is 64.6 Å². The van der Waals surface area contributed by atoms with Gasteiger partial charge in [0, 0.05) is 50.2 Å². The van der Waals surface area contributed by atoms with Crippen molar-refractivity contribution in [3.05, 3.63) is 27.9 Å². The molecule has 1 aromatic rings. The van der Waals surface area contributed by atoms with Crippen LogP contribution in [0.25, 0.3) is 0 Å². The Morgan fingerprint density at radius 2 is 2.03 bits per heavy atom. The Labute approximate surface area is 191 Å². The molecule has 1 aliphatic carbocycles. The van der Waals surface area contributed by atoms with Gasteiger partial charge in [-0.1, -0.05) is 6.92 Å². The highest BCUT2D eigenvalue weighted by Crippen LogP contribution is 2.47. The normalized spacial score (nSPS) is 29.5. The molecule has 178 valence electrons.